The Bertz CT molecular complexity index is 502. The average Bonchev–Trinajstić information content (AvgIpc) is 2.45. The molecule has 1 unspecified atom stereocenters. The first-order chi connectivity index (χ1) is 9.86. The molecule has 1 aromatic rings. The zero-order chi connectivity index (χ0) is 16.0. The van der Waals surface area contributed by atoms with Crippen LogP contribution < -0.4 is 15.0 Å². The molecule has 0 aliphatic heterocycles. The van der Waals surface area contributed by atoms with Crippen LogP contribution in [0.1, 0.15) is 20.3 Å². The average molecular weight is 294 g/mol. The van der Waals surface area contributed by atoms with Crippen molar-refractivity contribution >= 4 is 17.7 Å². The van der Waals surface area contributed by atoms with Crippen LogP contribution in [0.2, 0.25) is 0 Å². The van der Waals surface area contributed by atoms with Gasteiger partial charge in [-0.15, -0.1) is 0 Å². The number of aliphatic carboxylic acids is 1. The van der Waals surface area contributed by atoms with Crippen molar-refractivity contribution in [3.05, 3.63) is 24.3 Å². The third kappa shape index (κ3) is 4.66. The maximum absolute atomic E-state index is 12.2. The number of anilines is 1. The number of rotatable bonds is 6. The van der Waals surface area contributed by atoms with Gasteiger partial charge in [0, 0.05) is 7.05 Å². The lowest BCUT2D eigenvalue weighted by Gasteiger charge is -2.23. The van der Waals surface area contributed by atoms with Crippen LogP contribution in [0.5, 0.6) is 5.75 Å². The van der Waals surface area contributed by atoms with Crippen LogP contribution in [0.15, 0.2) is 24.3 Å². The molecule has 1 aromatic carbocycles. The summed E-state index contributed by atoms with van der Waals surface area (Å²) in [6.45, 7) is 3.82. The van der Waals surface area contributed by atoms with E-state index in [9.17, 15) is 9.59 Å². The SMILES string of the molecule is COc1ccccc1N(C)C(=O)NC(CC(C)C)C(=O)O. The Morgan fingerprint density at radius 3 is 2.48 bits per heavy atom. The minimum atomic E-state index is -1.04. The first-order valence-corrected chi connectivity index (χ1v) is 6.76. The number of benzene rings is 1. The highest BCUT2D eigenvalue weighted by atomic mass is 16.5. The molecule has 2 amide bonds. The van der Waals surface area contributed by atoms with Gasteiger partial charge < -0.3 is 15.2 Å². The Balaban J connectivity index is 2.84. The van der Waals surface area contributed by atoms with E-state index in [1.807, 2.05) is 13.8 Å². The summed E-state index contributed by atoms with van der Waals surface area (Å²) in [5.41, 5.74) is 0.575. The van der Waals surface area contributed by atoms with Crippen LogP contribution in [0.25, 0.3) is 0 Å². The quantitative estimate of drug-likeness (QED) is 0.844. The van der Waals surface area contributed by atoms with Crippen molar-refractivity contribution in [1.82, 2.24) is 5.32 Å². The topological polar surface area (TPSA) is 78.9 Å². The lowest BCUT2D eigenvalue weighted by atomic mass is 10.0. The van der Waals surface area contributed by atoms with Gasteiger partial charge in [-0.05, 0) is 24.5 Å². The van der Waals surface area contributed by atoms with E-state index in [4.69, 9.17) is 9.84 Å². The van der Waals surface area contributed by atoms with Crippen LogP contribution in [-0.4, -0.2) is 37.3 Å². The highest BCUT2D eigenvalue weighted by Crippen LogP contribution is 2.26. The van der Waals surface area contributed by atoms with Gasteiger partial charge in [-0.2, -0.15) is 0 Å². The first-order valence-electron chi connectivity index (χ1n) is 6.76. The van der Waals surface area contributed by atoms with E-state index in [1.54, 1.807) is 31.3 Å². The maximum Gasteiger partial charge on any atom is 0.326 e. The Kier molecular flexibility index (Phi) is 6.02. The fraction of sp³-hybridized carbons (Fsp3) is 0.467. The minimum absolute atomic E-state index is 0.169. The number of methoxy groups -OCH3 is 1. The molecule has 6 heteroatoms. The molecular weight excluding hydrogens is 272 g/mol. The number of hydrogen-bond acceptors (Lipinski definition) is 3. The Morgan fingerprint density at radius 1 is 1.33 bits per heavy atom. The van der Waals surface area contributed by atoms with Gasteiger partial charge in [0.05, 0.1) is 12.8 Å². The summed E-state index contributed by atoms with van der Waals surface area (Å²) >= 11 is 0. The molecule has 0 aliphatic carbocycles. The Morgan fingerprint density at radius 2 is 1.95 bits per heavy atom. The third-order valence-corrected chi connectivity index (χ3v) is 3.05. The Labute approximate surface area is 124 Å². The third-order valence-electron chi connectivity index (χ3n) is 3.05. The van der Waals surface area contributed by atoms with Crippen molar-refractivity contribution in [2.24, 2.45) is 5.92 Å². The van der Waals surface area contributed by atoms with Crippen molar-refractivity contribution in [1.29, 1.82) is 0 Å². The zero-order valence-corrected chi connectivity index (χ0v) is 12.8. The predicted molar refractivity (Wildman–Crippen MR) is 80.8 cm³/mol. The highest BCUT2D eigenvalue weighted by Gasteiger charge is 2.24. The molecule has 116 valence electrons. The second kappa shape index (κ2) is 7.52. The molecule has 0 aromatic heterocycles. The van der Waals surface area contributed by atoms with E-state index in [0.717, 1.165) is 0 Å². The smallest absolute Gasteiger partial charge is 0.326 e. The van der Waals surface area contributed by atoms with Gasteiger partial charge in [0.25, 0.3) is 0 Å². The van der Waals surface area contributed by atoms with Crippen LogP contribution in [-0.2, 0) is 4.79 Å². The molecular formula is C15H22N2O4. The number of carbonyl (C=O) groups is 2. The lowest BCUT2D eigenvalue weighted by Crippen LogP contribution is -2.47. The molecule has 1 rings (SSSR count). The maximum atomic E-state index is 12.2. The van der Waals surface area contributed by atoms with Gasteiger partial charge in [0.2, 0.25) is 0 Å². The zero-order valence-electron chi connectivity index (χ0n) is 12.8. The van der Waals surface area contributed by atoms with Crippen molar-refractivity contribution in [2.75, 3.05) is 19.1 Å². The number of nitrogens with one attached hydrogen (secondary N) is 1. The van der Waals surface area contributed by atoms with Gasteiger partial charge in [0.1, 0.15) is 11.8 Å². The highest BCUT2D eigenvalue weighted by molar-refractivity contribution is 5.95. The number of carboxylic acid groups (broad SMARTS) is 1. The largest absolute Gasteiger partial charge is 0.495 e. The van der Waals surface area contributed by atoms with Crippen molar-refractivity contribution in [3.63, 3.8) is 0 Å². The second-order valence-electron chi connectivity index (χ2n) is 5.20. The Hall–Kier alpha value is -2.24. The van der Waals surface area contributed by atoms with Crippen LogP contribution in [0.4, 0.5) is 10.5 Å². The lowest BCUT2D eigenvalue weighted by molar-refractivity contribution is -0.139. The van der Waals surface area contributed by atoms with Crippen LogP contribution >= 0.6 is 0 Å². The molecule has 2 N–H and O–H groups in total. The second-order valence-corrected chi connectivity index (χ2v) is 5.20. The number of para-hydroxylation sites is 2. The van der Waals surface area contributed by atoms with E-state index in [0.29, 0.717) is 17.9 Å². The fourth-order valence-electron chi connectivity index (χ4n) is 1.96. The standard InChI is InChI=1S/C15H22N2O4/c1-10(2)9-11(14(18)19)16-15(20)17(3)12-7-5-6-8-13(12)21-4/h5-8,10-11H,9H2,1-4H3,(H,16,20)(H,18,19). The summed E-state index contributed by atoms with van der Waals surface area (Å²) in [7, 11) is 3.09. The number of amides is 2. The molecule has 21 heavy (non-hydrogen) atoms. The van der Waals surface area contributed by atoms with E-state index >= 15 is 0 Å². The summed E-state index contributed by atoms with van der Waals surface area (Å²) < 4.78 is 5.20. The van der Waals surface area contributed by atoms with Gasteiger partial charge in [-0.25, -0.2) is 9.59 Å². The van der Waals surface area contributed by atoms with Gasteiger partial charge in [-0.3, -0.25) is 4.90 Å². The van der Waals surface area contributed by atoms with Gasteiger partial charge >= 0.3 is 12.0 Å². The molecule has 0 bridgehead atoms. The van der Waals surface area contributed by atoms with E-state index < -0.39 is 18.0 Å². The monoisotopic (exact) mass is 294 g/mol. The molecule has 0 saturated heterocycles. The summed E-state index contributed by atoms with van der Waals surface area (Å²) in [6, 6.07) is 5.66. The summed E-state index contributed by atoms with van der Waals surface area (Å²) in [5.74, 6) is -0.320. The number of ether oxygens (including phenoxy) is 1. The number of nitrogens with zero attached hydrogens (tertiary/aromatic N) is 1. The normalized spacial score (nSPS) is 11.9. The van der Waals surface area contributed by atoms with Crippen molar-refractivity contribution in [3.8, 4) is 5.75 Å². The molecule has 0 spiro atoms. The van der Waals surface area contributed by atoms with Crippen molar-refractivity contribution < 1.29 is 19.4 Å². The van der Waals surface area contributed by atoms with Gasteiger partial charge in [-0.1, -0.05) is 26.0 Å². The molecule has 0 fully saturated rings. The molecule has 6 nitrogen and oxygen atoms in total. The predicted octanol–water partition coefficient (Wildman–Crippen LogP) is 2.34. The molecule has 0 aliphatic rings. The molecule has 0 heterocycles. The summed E-state index contributed by atoms with van der Waals surface area (Å²) in [5, 5.41) is 11.7. The summed E-state index contributed by atoms with van der Waals surface area (Å²) in [6.07, 6.45) is 0.376. The molecule has 0 radical (unpaired) electrons. The number of carboxylic acids is 1. The van der Waals surface area contributed by atoms with Crippen molar-refractivity contribution in [2.45, 2.75) is 26.3 Å². The summed E-state index contributed by atoms with van der Waals surface area (Å²) in [4.78, 5) is 24.7. The van der Waals surface area contributed by atoms with Gasteiger partial charge in [0.15, 0.2) is 0 Å². The number of hydrogen-bond donors (Lipinski definition) is 2. The van der Waals surface area contributed by atoms with Crippen LogP contribution in [0.3, 0.4) is 0 Å². The number of urea groups is 1. The first kappa shape index (κ1) is 16.8. The fourth-order valence-corrected chi connectivity index (χ4v) is 1.96. The molecule has 1 atom stereocenters. The van der Waals surface area contributed by atoms with E-state index in [2.05, 4.69) is 5.32 Å². The van der Waals surface area contributed by atoms with E-state index in [1.165, 1.54) is 12.0 Å². The molecule has 0 saturated carbocycles. The minimum Gasteiger partial charge on any atom is -0.495 e. The number of carbonyl (C=O) groups excluding carboxylic acids is 1. The van der Waals surface area contributed by atoms with Crippen LogP contribution in [0, 0.1) is 5.92 Å². The van der Waals surface area contributed by atoms with E-state index in [-0.39, 0.29) is 5.92 Å².